The van der Waals surface area contributed by atoms with Crippen molar-refractivity contribution in [2.75, 3.05) is 19.6 Å². The molecule has 0 amide bonds. The Morgan fingerprint density at radius 1 is 1.20 bits per heavy atom. The minimum atomic E-state index is 0.347. The van der Waals surface area contributed by atoms with Crippen LogP contribution in [0.15, 0.2) is 12.4 Å². The summed E-state index contributed by atoms with van der Waals surface area (Å²) >= 11 is 0. The summed E-state index contributed by atoms with van der Waals surface area (Å²) in [4.78, 5) is 11.7. The molecule has 3 rings (SSSR count). The number of hydrogen-bond donors (Lipinski definition) is 1. The molecule has 1 aromatic rings. The molecule has 1 aliphatic heterocycles. The van der Waals surface area contributed by atoms with E-state index in [0.717, 1.165) is 31.0 Å². The lowest BCUT2D eigenvalue weighted by Gasteiger charge is -2.52. The van der Waals surface area contributed by atoms with Gasteiger partial charge in [0.25, 0.3) is 0 Å². The van der Waals surface area contributed by atoms with E-state index in [4.69, 9.17) is 0 Å². The van der Waals surface area contributed by atoms with Crippen molar-refractivity contribution in [2.24, 2.45) is 0 Å². The van der Waals surface area contributed by atoms with Crippen LogP contribution in [0.25, 0.3) is 0 Å². The first kappa shape index (κ1) is 14.0. The second-order valence-electron chi connectivity index (χ2n) is 6.36. The van der Waals surface area contributed by atoms with Gasteiger partial charge in [-0.1, -0.05) is 19.3 Å². The van der Waals surface area contributed by atoms with Crippen molar-refractivity contribution in [2.45, 2.75) is 57.5 Å². The Labute approximate surface area is 122 Å². The van der Waals surface area contributed by atoms with Gasteiger partial charge in [0.05, 0.1) is 17.4 Å². The van der Waals surface area contributed by atoms with Crippen molar-refractivity contribution in [3.8, 4) is 0 Å². The average Bonchev–Trinajstić information content (AvgIpc) is 2.48. The molecule has 1 aliphatic carbocycles. The predicted octanol–water partition coefficient (Wildman–Crippen LogP) is 2.45. The maximum Gasteiger partial charge on any atom is 0.0784 e. The molecule has 110 valence electrons. The van der Waals surface area contributed by atoms with Crippen LogP contribution < -0.4 is 5.32 Å². The highest BCUT2D eigenvalue weighted by Gasteiger charge is 2.42. The Balaban J connectivity index is 1.88. The summed E-state index contributed by atoms with van der Waals surface area (Å²) in [5.41, 5.74) is 2.57. The summed E-state index contributed by atoms with van der Waals surface area (Å²) < 4.78 is 0. The van der Waals surface area contributed by atoms with E-state index in [0.29, 0.717) is 11.6 Å². The van der Waals surface area contributed by atoms with Gasteiger partial charge < -0.3 is 5.32 Å². The summed E-state index contributed by atoms with van der Waals surface area (Å²) in [5.74, 6) is 0. The Bertz CT molecular complexity index is 445. The van der Waals surface area contributed by atoms with E-state index in [9.17, 15) is 0 Å². The smallest absolute Gasteiger partial charge is 0.0784 e. The minimum absolute atomic E-state index is 0.347. The van der Waals surface area contributed by atoms with Crippen LogP contribution in [-0.4, -0.2) is 40.0 Å². The highest BCUT2D eigenvalue weighted by atomic mass is 15.3. The van der Waals surface area contributed by atoms with Gasteiger partial charge in [0.2, 0.25) is 0 Å². The minimum Gasteiger partial charge on any atom is -0.314 e. The van der Waals surface area contributed by atoms with Crippen LogP contribution in [0.3, 0.4) is 0 Å². The number of nitrogens with one attached hydrogen (secondary N) is 1. The van der Waals surface area contributed by atoms with Gasteiger partial charge in [-0.25, -0.2) is 0 Å². The maximum atomic E-state index is 4.61. The SMILES string of the molecule is Cc1nccnc1C(C)N1CCNCC12CCCCC2. The van der Waals surface area contributed by atoms with E-state index < -0.39 is 0 Å². The number of rotatable bonds is 2. The molecule has 1 N–H and O–H groups in total. The van der Waals surface area contributed by atoms with Crippen molar-refractivity contribution in [3.63, 3.8) is 0 Å². The molecule has 4 nitrogen and oxygen atoms in total. The zero-order valence-electron chi connectivity index (χ0n) is 12.7. The number of piperazine rings is 1. The molecular formula is C16H26N4. The molecule has 1 unspecified atom stereocenters. The van der Waals surface area contributed by atoms with Crippen molar-refractivity contribution in [3.05, 3.63) is 23.8 Å². The van der Waals surface area contributed by atoms with Gasteiger partial charge in [0, 0.05) is 37.6 Å². The van der Waals surface area contributed by atoms with E-state index in [1.54, 1.807) is 6.20 Å². The van der Waals surface area contributed by atoms with Gasteiger partial charge in [-0.2, -0.15) is 0 Å². The third-order valence-corrected chi connectivity index (χ3v) is 5.16. The first-order valence-electron chi connectivity index (χ1n) is 7.98. The van der Waals surface area contributed by atoms with E-state index in [2.05, 4.69) is 34.0 Å². The van der Waals surface area contributed by atoms with Crippen LogP contribution in [0.4, 0.5) is 0 Å². The maximum absolute atomic E-state index is 4.61. The molecule has 20 heavy (non-hydrogen) atoms. The van der Waals surface area contributed by atoms with Crippen LogP contribution >= 0.6 is 0 Å². The third kappa shape index (κ3) is 2.47. The van der Waals surface area contributed by atoms with Crippen LogP contribution in [0, 0.1) is 6.92 Å². The monoisotopic (exact) mass is 274 g/mol. The third-order valence-electron chi connectivity index (χ3n) is 5.16. The number of hydrogen-bond acceptors (Lipinski definition) is 4. The molecule has 1 saturated heterocycles. The summed E-state index contributed by atoms with van der Waals surface area (Å²) in [6, 6.07) is 0.365. The van der Waals surface area contributed by atoms with Gasteiger partial charge in [-0.15, -0.1) is 0 Å². The summed E-state index contributed by atoms with van der Waals surface area (Å²) in [7, 11) is 0. The summed E-state index contributed by atoms with van der Waals surface area (Å²) in [6.07, 6.45) is 10.4. The highest BCUT2D eigenvalue weighted by molar-refractivity contribution is 5.15. The van der Waals surface area contributed by atoms with Crippen molar-refractivity contribution in [1.29, 1.82) is 0 Å². The van der Waals surface area contributed by atoms with E-state index in [-0.39, 0.29) is 0 Å². The van der Waals surface area contributed by atoms with E-state index in [1.165, 1.54) is 32.1 Å². The molecule has 1 aromatic heterocycles. The molecule has 2 aliphatic rings. The fraction of sp³-hybridized carbons (Fsp3) is 0.750. The molecule has 1 atom stereocenters. The van der Waals surface area contributed by atoms with Gasteiger partial charge in [-0.3, -0.25) is 14.9 Å². The standard InChI is InChI=1S/C16H26N4/c1-13-15(19-9-8-18-13)14(2)20-11-10-17-12-16(20)6-4-3-5-7-16/h8-9,14,17H,3-7,10-12H2,1-2H3. The first-order valence-corrected chi connectivity index (χ1v) is 7.98. The quantitative estimate of drug-likeness (QED) is 0.899. The lowest BCUT2D eigenvalue weighted by molar-refractivity contribution is -0.00431. The largest absolute Gasteiger partial charge is 0.314 e. The van der Waals surface area contributed by atoms with E-state index >= 15 is 0 Å². The lowest BCUT2D eigenvalue weighted by atomic mass is 9.78. The van der Waals surface area contributed by atoms with Gasteiger partial charge in [-0.05, 0) is 26.7 Å². The molecule has 0 radical (unpaired) electrons. The van der Waals surface area contributed by atoms with Crippen molar-refractivity contribution >= 4 is 0 Å². The molecule has 1 saturated carbocycles. The van der Waals surface area contributed by atoms with Crippen LogP contribution in [-0.2, 0) is 0 Å². The van der Waals surface area contributed by atoms with E-state index in [1.807, 2.05) is 6.20 Å². The second kappa shape index (κ2) is 5.78. The van der Waals surface area contributed by atoms with Gasteiger partial charge in [0.1, 0.15) is 0 Å². The normalized spacial score (nSPS) is 24.7. The Hall–Kier alpha value is -1.00. The number of aromatic nitrogens is 2. The molecule has 0 aromatic carbocycles. The fourth-order valence-corrected chi connectivity index (χ4v) is 4.11. The highest BCUT2D eigenvalue weighted by Crippen LogP contribution is 2.39. The summed E-state index contributed by atoms with van der Waals surface area (Å²) in [6.45, 7) is 7.73. The topological polar surface area (TPSA) is 41.1 Å². The Morgan fingerprint density at radius 3 is 2.70 bits per heavy atom. The predicted molar refractivity (Wildman–Crippen MR) is 80.6 cm³/mol. The van der Waals surface area contributed by atoms with Gasteiger partial charge in [0.15, 0.2) is 0 Å². The van der Waals surface area contributed by atoms with Crippen molar-refractivity contribution < 1.29 is 0 Å². The number of aryl methyl sites for hydroxylation is 1. The van der Waals surface area contributed by atoms with Crippen LogP contribution in [0.5, 0.6) is 0 Å². The first-order chi connectivity index (χ1) is 9.73. The van der Waals surface area contributed by atoms with Crippen LogP contribution in [0.2, 0.25) is 0 Å². The molecule has 1 spiro atoms. The molecular weight excluding hydrogens is 248 g/mol. The molecule has 2 heterocycles. The number of nitrogens with zero attached hydrogens (tertiary/aromatic N) is 3. The average molecular weight is 274 g/mol. The zero-order chi connectivity index (χ0) is 14.0. The molecule has 4 heteroatoms. The summed E-state index contributed by atoms with van der Waals surface area (Å²) in [5, 5.41) is 3.62. The Kier molecular flexibility index (Phi) is 4.03. The molecule has 0 bridgehead atoms. The zero-order valence-corrected chi connectivity index (χ0v) is 12.7. The second-order valence-corrected chi connectivity index (χ2v) is 6.36. The Morgan fingerprint density at radius 2 is 1.95 bits per heavy atom. The van der Waals surface area contributed by atoms with Crippen LogP contribution in [0.1, 0.15) is 56.5 Å². The molecule has 2 fully saturated rings. The van der Waals surface area contributed by atoms with Gasteiger partial charge >= 0.3 is 0 Å². The fourth-order valence-electron chi connectivity index (χ4n) is 4.11. The lowest BCUT2D eigenvalue weighted by Crippen LogP contribution is -2.62. The van der Waals surface area contributed by atoms with Crippen molar-refractivity contribution in [1.82, 2.24) is 20.2 Å².